The van der Waals surface area contributed by atoms with Gasteiger partial charge in [0.1, 0.15) is 18.1 Å². The Labute approximate surface area is 176 Å². The third-order valence-corrected chi connectivity index (χ3v) is 4.82. The molecule has 2 aromatic carbocycles. The van der Waals surface area contributed by atoms with Gasteiger partial charge in [-0.2, -0.15) is 5.10 Å². The first-order valence-corrected chi connectivity index (χ1v) is 10.1. The van der Waals surface area contributed by atoms with E-state index in [1.54, 1.807) is 0 Å². The van der Waals surface area contributed by atoms with E-state index in [2.05, 4.69) is 42.5 Å². The molecule has 1 N–H and O–H groups in total. The van der Waals surface area contributed by atoms with Crippen LogP contribution in [0, 0.1) is 13.8 Å². The van der Waals surface area contributed by atoms with Crippen LogP contribution < -0.4 is 15.6 Å². The Hall–Kier alpha value is -3.41. The molecule has 6 heteroatoms. The number of ether oxygens (including phenoxy) is 1. The zero-order valence-corrected chi connectivity index (χ0v) is 17.4. The average Bonchev–Trinajstić information content (AvgIpc) is 2.74. The van der Waals surface area contributed by atoms with Crippen LogP contribution in [0.2, 0.25) is 0 Å². The van der Waals surface area contributed by atoms with Crippen molar-refractivity contribution in [2.75, 3.05) is 13.2 Å². The molecule has 156 valence electrons. The fourth-order valence-electron chi connectivity index (χ4n) is 3.19. The summed E-state index contributed by atoms with van der Waals surface area (Å²) < 4.78 is 6.86. The normalized spacial score (nSPS) is 10.6. The van der Waals surface area contributed by atoms with Gasteiger partial charge in [-0.15, -0.1) is 0 Å². The summed E-state index contributed by atoms with van der Waals surface area (Å²) in [6.07, 6.45) is 1.73. The van der Waals surface area contributed by atoms with Gasteiger partial charge in [0.25, 0.3) is 11.5 Å². The van der Waals surface area contributed by atoms with Crippen LogP contribution >= 0.6 is 0 Å². The van der Waals surface area contributed by atoms with Gasteiger partial charge in [0.05, 0.1) is 6.54 Å². The van der Waals surface area contributed by atoms with Crippen molar-refractivity contribution >= 4 is 5.91 Å². The van der Waals surface area contributed by atoms with E-state index in [0.29, 0.717) is 6.54 Å². The second kappa shape index (κ2) is 10.4. The molecule has 1 heterocycles. The maximum atomic E-state index is 12.4. The standard InChI is InChI=1S/C24H27N3O3/c1-18-10-11-20(19(2)17-18)7-6-14-25-24(29)22-12-13-23(28)27(26-22)15-16-30-21-8-4-3-5-9-21/h3-5,8-13,17H,6-7,14-16H2,1-2H3,(H,25,29). The van der Waals surface area contributed by atoms with Crippen LogP contribution in [-0.2, 0) is 13.0 Å². The van der Waals surface area contributed by atoms with Gasteiger partial charge in [-0.1, -0.05) is 42.0 Å². The molecule has 1 amide bonds. The van der Waals surface area contributed by atoms with Crippen LogP contribution in [0.1, 0.15) is 33.6 Å². The zero-order valence-electron chi connectivity index (χ0n) is 17.4. The van der Waals surface area contributed by atoms with Gasteiger partial charge in [0.15, 0.2) is 0 Å². The minimum atomic E-state index is -0.284. The van der Waals surface area contributed by atoms with Gasteiger partial charge in [-0.3, -0.25) is 9.59 Å². The van der Waals surface area contributed by atoms with Crippen LogP contribution in [0.5, 0.6) is 5.75 Å². The third kappa shape index (κ3) is 6.04. The van der Waals surface area contributed by atoms with E-state index in [-0.39, 0.29) is 30.3 Å². The summed E-state index contributed by atoms with van der Waals surface area (Å²) >= 11 is 0. The highest BCUT2D eigenvalue weighted by atomic mass is 16.5. The highest BCUT2D eigenvalue weighted by Crippen LogP contribution is 2.12. The number of nitrogens with one attached hydrogen (secondary N) is 1. The maximum absolute atomic E-state index is 12.4. The number of carbonyl (C=O) groups is 1. The SMILES string of the molecule is Cc1ccc(CCCNC(=O)c2ccc(=O)n(CCOc3ccccc3)n2)c(C)c1. The Morgan fingerprint density at radius 3 is 2.63 bits per heavy atom. The first-order chi connectivity index (χ1) is 14.5. The number of para-hydroxylation sites is 1. The minimum Gasteiger partial charge on any atom is -0.492 e. The molecule has 0 unspecified atom stereocenters. The molecule has 0 saturated carbocycles. The van der Waals surface area contributed by atoms with Crippen LogP contribution in [-0.4, -0.2) is 28.8 Å². The predicted octanol–water partition coefficient (Wildman–Crippen LogP) is 3.30. The second-order valence-corrected chi connectivity index (χ2v) is 7.23. The van der Waals surface area contributed by atoms with Crippen LogP contribution in [0.15, 0.2) is 65.5 Å². The molecule has 0 atom stereocenters. The number of benzene rings is 2. The first-order valence-electron chi connectivity index (χ1n) is 10.1. The van der Waals surface area contributed by atoms with E-state index in [1.807, 2.05) is 30.3 Å². The van der Waals surface area contributed by atoms with E-state index in [1.165, 1.54) is 33.5 Å². The molecule has 0 aliphatic heterocycles. The van der Waals surface area contributed by atoms with Gasteiger partial charge in [-0.05, 0) is 56.0 Å². The fourth-order valence-corrected chi connectivity index (χ4v) is 3.19. The number of aromatic nitrogens is 2. The van der Waals surface area contributed by atoms with E-state index in [9.17, 15) is 9.59 Å². The van der Waals surface area contributed by atoms with Crippen molar-refractivity contribution in [3.63, 3.8) is 0 Å². The summed E-state index contributed by atoms with van der Waals surface area (Å²) in [5, 5.41) is 7.06. The molecule has 30 heavy (non-hydrogen) atoms. The van der Waals surface area contributed by atoms with Crippen molar-refractivity contribution in [3.8, 4) is 5.75 Å². The zero-order chi connectivity index (χ0) is 21.3. The van der Waals surface area contributed by atoms with E-state index in [0.717, 1.165) is 18.6 Å². The lowest BCUT2D eigenvalue weighted by Crippen LogP contribution is -2.31. The molecule has 0 bridgehead atoms. The lowest BCUT2D eigenvalue weighted by molar-refractivity contribution is 0.0945. The number of aryl methyl sites for hydroxylation is 3. The average molecular weight is 405 g/mol. The number of hydrogen-bond acceptors (Lipinski definition) is 4. The topological polar surface area (TPSA) is 73.2 Å². The Morgan fingerprint density at radius 1 is 1.07 bits per heavy atom. The van der Waals surface area contributed by atoms with Gasteiger partial charge in [-0.25, -0.2) is 4.68 Å². The van der Waals surface area contributed by atoms with Crippen molar-refractivity contribution in [1.29, 1.82) is 0 Å². The van der Waals surface area contributed by atoms with Crippen molar-refractivity contribution in [1.82, 2.24) is 15.1 Å². The summed E-state index contributed by atoms with van der Waals surface area (Å²) in [7, 11) is 0. The smallest absolute Gasteiger partial charge is 0.271 e. The van der Waals surface area contributed by atoms with Gasteiger partial charge in [0.2, 0.25) is 0 Å². The van der Waals surface area contributed by atoms with Crippen LogP contribution in [0.4, 0.5) is 0 Å². The predicted molar refractivity (Wildman–Crippen MR) is 117 cm³/mol. The summed E-state index contributed by atoms with van der Waals surface area (Å²) in [4.78, 5) is 24.4. The van der Waals surface area contributed by atoms with Crippen LogP contribution in [0.3, 0.4) is 0 Å². The molecule has 0 aliphatic rings. The molecule has 0 saturated heterocycles. The highest BCUT2D eigenvalue weighted by molar-refractivity contribution is 5.91. The Balaban J connectivity index is 1.49. The number of rotatable bonds is 9. The van der Waals surface area contributed by atoms with Gasteiger partial charge >= 0.3 is 0 Å². The molecule has 3 aromatic rings. The maximum Gasteiger partial charge on any atom is 0.271 e. The third-order valence-electron chi connectivity index (χ3n) is 4.82. The first kappa shape index (κ1) is 21.3. The molecular weight excluding hydrogens is 378 g/mol. The second-order valence-electron chi connectivity index (χ2n) is 7.23. The lowest BCUT2D eigenvalue weighted by Gasteiger charge is -2.10. The van der Waals surface area contributed by atoms with Crippen LogP contribution in [0.25, 0.3) is 0 Å². The molecular formula is C24H27N3O3. The van der Waals surface area contributed by atoms with E-state index in [4.69, 9.17) is 4.74 Å². The largest absolute Gasteiger partial charge is 0.492 e. The molecule has 0 radical (unpaired) electrons. The number of hydrogen-bond donors (Lipinski definition) is 1. The van der Waals surface area contributed by atoms with Gasteiger partial charge < -0.3 is 10.1 Å². The summed E-state index contributed by atoms with van der Waals surface area (Å²) in [6.45, 7) is 5.29. The van der Waals surface area contributed by atoms with E-state index >= 15 is 0 Å². The minimum absolute atomic E-state index is 0.223. The number of carbonyl (C=O) groups excluding carboxylic acids is 1. The van der Waals surface area contributed by atoms with Crippen molar-refractivity contribution in [3.05, 3.63) is 93.4 Å². The van der Waals surface area contributed by atoms with E-state index < -0.39 is 0 Å². The number of amides is 1. The van der Waals surface area contributed by atoms with Gasteiger partial charge in [0, 0.05) is 12.6 Å². The van der Waals surface area contributed by atoms with Crippen molar-refractivity contribution < 1.29 is 9.53 Å². The quantitative estimate of drug-likeness (QED) is 0.555. The molecule has 6 nitrogen and oxygen atoms in total. The lowest BCUT2D eigenvalue weighted by atomic mass is 10.0. The van der Waals surface area contributed by atoms with Crippen molar-refractivity contribution in [2.45, 2.75) is 33.2 Å². The fraction of sp³-hybridized carbons (Fsp3) is 0.292. The number of nitrogens with zero attached hydrogens (tertiary/aromatic N) is 2. The summed E-state index contributed by atoms with van der Waals surface area (Å²) in [5.41, 5.74) is 3.77. The molecule has 3 rings (SSSR count). The Morgan fingerprint density at radius 2 is 1.87 bits per heavy atom. The monoisotopic (exact) mass is 405 g/mol. The Kier molecular flexibility index (Phi) is 7.38. The highest BCUT2D eigenvalue weighted by Gasteiger charge is 2.09. The molecule has 0 spiro atoms. The summed E-state index contributed by atoms with van der Waals surface area (Å²) in [5.74, 6) is 0.441. The molecule has 0 fully saturated rings. The molecule has 1 aromatic heterocycles. The summed E-state index contributed by atoms with van der Waals surface area (Å²) in [6, 6.07) is 18.6. The Bertz CT molecular complexity index is 1050. The van der Waals surface area contributed by atoms with Crippen molar-refractivity contribution in [2.24, 2.45) is 0 Å². The molecule has 0 aliphatic carbocycles.